The van der Waals surface area contributed by atoms with Crippen LogP contribution in [0.5, 0.6) is 0 Å². The number of carbonyl (C=O) groups is 6. The zero-order valence-corrected chi connectivity index (χ0v) is 39.4. The zero-order chi connectivity index (χ0) is 50.5. The van der Waals surface area contributed by atoms with Crippen molar-refractivity contribution in [1.82, 2.24) is 41.7 Å². The fourth-order valence-corrected chi connectivity index (χ4v) is 9.32. The molecule has 5 aromatic carbocycles. The first kappa shape index (κ1) is 53.6. The van der Waals surface area contributed by atoms with Crippen LogP contribution in [0.2, 0.25) is 0 Å². The molecule has 5 rings (SSSR count). The number of amides is 6. The molecule has 0 aliphatic heterocycles. The van der Waals surface area contributed by atoms with Crippen LogP contribution in [-0.2, 0) is 39.2 Å². The van der Waals surface area contributed by atoms with Crippen molar-refractivity contribution in [3.05, 3.63) is 145 Å². The quantitative estimate of drug-likeness (QED) is 0.0217. The molecule has 0 unspecified atom stereocenters. The van der Waals surface area contributed by atoms with Crippen LogP contribution in [0.4, 0.5) is 0 Å². The number of benzene rings is 5. The fourth-order valence-electron chi connectivity index (χ4n) is 6.86. The Kier molecular flexibility index (Phi) is 20.2. The Hall–Kier alpha value is -7.34. The van der Waals surface area contributed by atoms with Gasteiger partial charge in [-0.3, -0.25) is 39.2 Å². The Morgan fingerprint density at radius 2 is 0.786 bits per heavy atom. The SMILES string of the molecule is O=C(CCCNC(=O)c1cccc(C(=O)NCCCC(=O)NCC[C@@H](NS(=O)(=O)c2ccc(-c3ccccc3)cc2)C(=O)NO)c1)NCC[C@@H](NS(=O)(=O)c1ccc(-c2ccccc2)cc1)C(=O)NO. The van der Waals surface area contributed by atoms with Crippen molar-refractivity contribution in [2.45, 2.75) is 60.4 Å². The van der Waals surface area contributed by atoms with Crippen LogP contribution in [0.15, 0.2) is 143 Å². The second-order valence-corrected chi connectivity index (χ2v) is 19.1. The summed E-state index contributed by atoms with van der Waals surface area (Å²) in [5, 5.41) is 29.0. The molecule has 2 atom stereocenters. The molecule has 20 nitrogen and oxygen atoms in total. The molecule has 6 amide bonds. The molecule has 0 aliphatic rings. The molecule has 0 bridgehead atoms. The third-order valence-corrected chi connectivity index (χ3v) is 13.6. The molecule has 0 saturated heterocycles. The highest BCUT2D eigenvalue weighted by atomic mass is 32.2. The van der Waals surface area contributed by atoms with Gasteiger partial charge >= 0.3 is 0 Å². The molecule has 0 fully saturated rings. The van der Waals surface area contributed by atoms with E-state index in [0.29, 0.717) is 0 Å². The minimum Gasteiger partial charge on any atom is -0.356 e. The standard InChI is InChI=1S/C48H54N8O12S2/c57-43(49-30-26-41(47(61)53-63)55-69(65,66)39-22-18-35(19-23-39)33-10-3-1-4-11-33)16-8-28-51-45(59)37-14-7-15-38(32-37)46(60)52-29-9-17-44(58)50-31-27-42(48(62)54-64)56-70(67,68)40-24-20-36(21-25-40)34-12-5-2-6-13-34/h1-7,10-15,18-25,32,41-42,55-56,63-64H,8-9,16-17,26-31H2,(H,49,57)(H,50,58)(H,51,59)(H,52,60)(H,53,61)(H,54,62)/t41-,42-/m1/s1. The first-order valence-electron chi connectivity index (χ1n) is 22.0. The highest BCUT2D eigenvalue weighted by Crippen LogP contribution is 2.23. The van der Waals surface area contributed by atoms with E-state index < -0.39 is 67.6 Å². The normalized spacial score (nSPS) is 12.1. The molecule has 0 aromatic heterocycles. The van der Waals surface area contributed by atoms with Gasteiger partial charge in [0.1, 0.15) is 12.1 Å². The van der Waals surface area contributed by atoms with Gasteiger partial charge in [-0.1, -0.05) is 91.0 Å². The lowest BCUT2D eigenvalue weighted by atomic mass is 10.1. The van der Waals surface area contributed by atoms with Crippen LogP contribution in [-0.4, -0.2) is 101 Å². The van der Waals surface area contributed by atoms with E-state index in [-0.39, 0.29) is 85.6 Å². The largest absolute Gasteiger partial charge is 0.356 e. The van der Waals surface area contributed by atoms with Crippen LogP contribution < -0.4 is 41.7 Å². The Labute approximate surface area is 405 Å². The molecule has 0 radical (unpaired) electrons. The van der Waals surface area contributed by atoms with E-state index in [1.807, 2.05) is 60.7 Å². The number of hydrogen-bond acceptors (Lipinski definition) is 12. The molecule has 22 heteroatoms. The molecule has 370 valence electrons. The first-order valence-corrected chi connectivity index (χ1v) is 25.0. The molecular formula is C48H54N8O12S2. The maximum absolute atomic E-state index is 13.1. The van der Waals surface area contributed by atoms with Gasteiger partial charge in [0.15, 0.2) is 0 Å². The number of hydrogen-bond donors (Lipinski definition) is 10. The van der Waals surface area contributed by atoms with E-state index in [9.17, 15) is 56.0 Å². The van der Waals surface area contributed by atoms with Crippen LogP contribution in [0.3, 0.4) is 0 Å². The van der Waals surface area contributed by atoms with Crippen molar-refractivity contribution in [3.8, 4) is 22.3 Å². The van der Waals surface area contributed by atoms with Gasteiger partial charge in [-0.25, -0.2) is 27.8 Å². The molecule has 5 aromatic rings. The Balaban J connectivity index is 0.965. The summed E-state index contributed by atoms with van der Waals surface area (Å²) >= 11 is 0. The number of hydroxylamine groups is 2. The van der Waals surface area contributed by atoms with Gasteiger partial charge in [0.05, 0.1) is 9.79 Å². The van der Waals surface area contributed by atoms with Crippen molar-refractivity contribution in [2.75, 3.05) is 26.2 Å². The third-order valence-electron chi connectivity index (χ3n) is 10.6. The van der Waals surface area contributed by atoms with Crippen molar-refractivity contribution < 1.29 is 56.0 Å². The number of carbonyl (C=O) groups excluding carboxylic acids is 6. The van der Waals surface area contributed by atoms with Crippen LogP contribution in [0, 0.1) is 0 Å². The summed E-state index contributed by atoms with van der Waals surface area (Å²) < 4.78 is 56.7. The van der Waals surface area contributed by atoms with E-state index in [4.69, 9.17) is 0 Å². The van der Waals surface area contributed by atoms with Crippen LogP contribution in [0.25, 0.3) is 22.3 Å². The summed E-state index contributed by atoms with van der Waals surface area (Å²) in [5.74, 6) is -3.91. The van der Waals surface area contributed by atoms with Crippen molar-refractivity contribution in [3.63, 3.8) is 0 Å². The van der Waals surface area contributed by atoms with Gasteiger partial charge in [-0.15, -0.1) is 0 Å². The average molecular weight is 999 g/mol. The third kappa shape index (κ3) is 16.4. The van der Waals surface area contributed by atoms with E-state index >= 15 is 0 Å². The van der Waals surface area contributed by atoms with Gasteiger partial charge in [0.25, 0.3) is 23.6 Å². The Morgan fingerprint density at radius 3 is 1.14 bits per heavy atom. The van der Waals surface area contributed by atoms with Gasteiger partial charge in [-0.2, -0.15) is 9.44 Å². The second kappa shape index (κ2) is 26.4. The van der Waals surface area contributed by atoms with Gasteiger partial charge in [-0.05, 0) is 90.4 Å². The minimum atomic E-state index is -4.19. The molecule has 70 heavy (non-hydrogen) atoms. The summed E-state index contributed by atoms with van der Waals surface area (Å²) in [5.41, 5.74) is 6.58. The maximum Gasteiger partial charge on any atom is 0.261 e. The van der Waals surface area contributed by atoms with E-state index in [1.165, 1.54) is 59.5 Å². The van der Waals surface area contributed by atoms with E-state index in [2.05, 4.69) is 30.7 Å². The summed E-state index contributed by atoms with van der Waals surface area (Å²) in [6.07, 6.45) is 0.0263. The summed E-state index contributed by atoms with van der Waals surface area (Å²) in [4.78, 5) is 75.1. The minimum absolute atomic E-state index is 0.0222. The topological polar surface area (TPSA) is 307 Å². The average Bonchev–Trinajstić information content (AvgIpc) is 3.38. The lowest BCUT2D eigenvalue weighted by molar-refractivity contribution is -0.131. The van der Waals surface area contributed by atoms with Crippen molar-refractivity contribution in [1.29, 1.82) is 0 Å². The van der Waals surface area contributed by atoms with E-state index in [0.717, 1.165) is 22.3 Å². The molecule has 0 saturated carbocycles. The highest BCUT2D eigenvalue weighted by molar-refractivity contribution is 7.89. The number of nitrogens with one attached hydrogen (secondary N) is 8. The van der Waals surface area contributed by atoms with Crippen molar-refractivity contribution in [2.24, 2.45) is 0 Å². The Bertz CT molecular complexity index is 2610. The molecule has 10 N–H and O–H groups in total. The summed E-state index contributed by atoms with van der Waals surface area (Å²) in [7, 11) is -8.38. The van der Waals surface area contributed by atoms with Crippen LogP contribution >= 0.6 is 0 Å². The fraction of sp³-hybridized carbons (Fsp3) is 0.250. The van der Waals surface area contributed by atoms with Gasteiger partial charge in [0.2, 0.25) is 31.9 Å². The molecule has 0 heterocycles. The molecular weight excluding hydrogens is 945 g/mol. The van der Waals surface area contributed by atoms with E-state index in [1.54, 1.807) is 24.3 Å². The lowest BCUT2D eigenvalue weighted by Gasteiger charge is -2.17. The summed E-state index contributed by atoms with van der Waals surface area (Å²) in [6, 6.07) is 33.8. The number of sulfonamides is 2. The molecule has 0 aliphatic carbocycles. The smallest absolute Gasteiger partial charge is 0.261 e. The van der Waals surface area contributed by atoms with Crippen LogP contribution in [0.1, 0.15) is 59.2 Å². The van der Waals surface area contributed by atoms with Gasteiger partial charge in [0, 0.05) is 50.1 Å². The zero-order valence-electron chi connectivity index (χ0n) is 37.7. The Morgan fingerprint density at radius 1 is 0.429 bits per heavy atom. The second-order valence-electron chi connectivity index (χ2n) is 15.7. The lowest BCUT2D eigenvalue weighted by Crippen LogP contribution is -2.47. The predicted octanol–water partition coefficient (Wildman–Crippen LogP) is 2.76. The molecule has 0 spiro atoms. The first-order chi connectivity index (χ1) is 33.6. The monoisotopic (exact) mass is 998 g/mol. The predicted molar refractivity (Wildman–Crippen MR) is 257 cm³/mol. The van der Waals surface area contributed by atoms with Gasteiger partial charge < -0.3 is 21.3 Å². The van der Waals surface area contributed by atoms with Crippen molar-refractivity contribution >= 4 is 55.5 Å². The summed E-state index contributed by atoms with van der Waals surface area (Å²) in [6.45, 7) is -0.0403. The highest BCUT2D eigenvalue weighted by Gasteiger charge is 2.27. The maximum atomic E-state index is 13.1. The number of rotatable bonds is 26.